The van der Waals surface area contributed by atoms with E-state index >= 15 is 0 Å². The first-order valence-corrected chi connectivity index (χ1v) is 5.11. The Hall–Kier alpha value is -0.340. The second-order valence-electron chi connectivity index (χ2n) is 4.20. The molecule has 0 spiro atoms. The lowest BCUT2D eigenvalue weighted by Crippen LogP contribution is -2.39. The molecule has 0 aliphatic heterocycles. The van der Waals surface area contributed by atoms with Crippen LogP contribution < -0.4 is 0 Å². The molecule has 2 N–H and O–H groups in total. The zero-order valence-corrected chi connectivity index (χ0v) is 8.42. The van der Waals surface area contributed by atoms with Crippen molar-refractivity contribution in [3.05, 3.63) is 12.2 Å². The van der Waals surface area contributed by atoms with E-state index in [-0.39, 0.29) is 12.5 Å². The molecule has 0 saturated heterocycles. The first-order valence-electron chi connectivity index (χ1n) is 5.11. The smallest absolute Gasteiger partial charge is 0.0710 e. The van der Waals surface area contributed by atoms with Crippen molar-refractivity contribution in [3.8, 4) is 0 Å². The summed E-state index contributed by atoms with van der Waals surface area (Å²) >= 11 is 0. The fraction of sp³-hybridized carbons (Fsp3) is 0.818. The summed E-state index contributed by atoms with van der Waals surface area (Å²) in [5, 5.41) is 19.2. The van der Waals surface area contributed by atoms with E-state index in [4.69, 9.17) is 5.11 Å². The van der Waals surface area contributed by atoms with E-state index in [2.05, 4.69) is 6.58 Å². The van der Waals surface area contributed by atoms with Crippen molar-refractivity contribution in [2.45, 2.75) is 44.6 Å². The Kier molecular flexibility index (Phi) is 3.51. The molecule has 0 radical (unpaired) electrons. The van der Waals surface area contributed by atoms with Crippen LogP contribution in [0, 0.1) is 5.92 Å². The molecule has 0 aromatic rings. The average molecular weight is 184 g/mol. The standard InChI is InChI=1S/C11H20O2/c1-9(8-12)10(2)11(13)6-4-3-5-7-11/h10,12-13H,1,3-8H2,2H3. The van der Waals surface area contributed by atoms with Crippen LogP contribution in [-0.4, -0.2) is 22.4 Å². The third-order valence-electron chi connectivity index (χ3n) is 3.34. The van der Waals surface area contributed by atoms with Crippen molar-refractivity contribution in [2.24, 2.45) is 5.92 Å². The minimum atomic E-state index is -0.599. The third-order valence-corrected chi connectivity index (χ3v) is 3.34. The largest absolute Gasteiger partial charge is 0.392 e. The third kappa shape index (κ3) is 2.32. The van der Waals surface area contributed by atoms with Gasteiger partial charge in [0, 0.05) is 5.92 Å². The van der Waals surface area contributed by atoms with Crippen LogP contribution in [0.1, 0.15) is 39.0 Å². The molecule has 1 saturated carbocycles. The van der Waals surface area contributed by atoms with Crippen LogP contribution in [0.25, 0.3) is 0 Å². The van der Waals surface area contributed by atoms with Crippen LogP contribution in [0.4, 0.5) is 0 Å². The van der Waals surface area contributed by atoms with Gasteiger partial charge >= 0.3 is 0 Å². The topological polar surface area (TPSA) is 40.5 Å². The lowest BCUT2D eigenvalue weighted by molar-refractivity contribution is -0.0333. The molecule has 1 unspecified atom stereocenters. The molecule has 2 heteroatoms. The fourth-order valence-electron chi connectivity index (χ4n) is 2.11. The maximum absolute atomic E-state index is 10.3. The molecule has 1 aliphatic carbocycles. The Morgan fingerprint density at radius 2 is 1.92 bits per heavy atom. The van der Waals surface area contributed by atoms with E-state index < -0.39 is 5.60 Å². The Morgan fingerprint density at radius 3 is 2.38 bits per heavy atom. The second-order valence-corrected chi connectivity index (χ2v) is 4.20. The Morgan fingerprint density at radius 1 is 1.38 bits per heavy atom. The minimum Gasteiger partial charge on any atom is -0.392 e. The Labute approximate surface area is 80.3 Å². The van der Waals surface area contributed by atoms with Gasteiger partial charge in [-0.25, -0.2) is 0 Å². The van der Waals surface area contributed by atoms with Crippen LogP contribution in [0.5, 0.6) is 0 Å². The molecule has 0 aromatic heterocycles. The molecule has 0 amide bonds. The molecular weight excluding hydrogens is 164 g/mol. The molecule has 2 nitrogen and oxygen atoms in total. The first kappa shape index (κ1) is 10.7. The van der Waals surface area contributed by atoms with Crippen LogP contribution in [0.3, 0.4) is 0 Å². The summed E-state index contributed by atoms with van der Waals surface area (Å²) in [4.78, 5) is 0. The van der Waals surface area contributed by atoms with Crippen LogP contribution in [0.2, 0.25) is 0 Å². The zero-order valence-electron chi connectivity index (χ0n) is 8.42. The summed E-state index contributed by atoms with van der Waals surface area (Å²) in [5.74, 6) is 0.0257. The van der Waals surface area contributed by atoms with Gasteiger partial charge in [-0.3, -0.25) is 0 Å². The van der Waals surface area contributed by atoms with E-state index in [1.807, 2.05) is 6.92 Å². The summed E-state index contributed by atoms with van der Waals surface area (Å²) < 4.78 is 0. The highest BCUT2D eigenvalue weighted by Gasteiger charge is 2.35. The zero-order chi connectivity index (χ0) is 9.90. The summed E-state index contributed by atoms with van der Waals surface area (Å²) in [5.41, 5.74) is 0.155. The van der Waals surface area contributed by atoms with Crippen LogP contribution in [0.15, 0.2) is 12.2 Å². The maximum Gasteiger partial charge on any atom is 0.0710 e. The fourth-order valence-corrected chi connectivity index (χ4v) is 2.11. The average Bonchev–Trinajstić information content (AvgIpc) is 2.16. The monoisotopic (exact) mass is 184 g/mol. The summed E-state index contributed by atoms with van der Waals surface area (Å²) in [6.45, 7) is 5.74. The summed E-state index contributed by atoms with van der Waals surface area (Å²) in [6, 6.07) is 0. The van der Waals surface area contributed by atoms with Crippen molar-refractivity contribution >= 4 is 0 Å². The van der Waals surface area contributed by atoms with Gasteiger partial charge in [0.1, 0.15) is 0 Å². The van der Waals surface area contributed by atoms with E-state index in [0.29, 0.717) is 0 Å². The van der Waals surface area contributed by atoms with Gasteiger partial charge in [0.2, 0.25) is 0 Å². The van der Waals surface area contributed by atoms with Crippen LogP contribution in [-0.2, 0) is 0 Å². The van der Waals surface area contributed by atoms with E-state index in [9.17, 15) is 5.11 Å². The number of hydrogen-bond acceptors (Lipinski definition) is 2. The molecule has 1 aliphatic rings. The van der Waals surface area contributed by atoms with Gasteiger partial charge in [0.25, 0.3) is 0 Å². The van der Waals surface area contributed by atoms with Crippen molar-refractivity contribution in [3.63, 3.8) is 0 Å². The molecule has 0 aromatic carbocycles. The number of aliphatic hydroxyl groups excluding tert-OH is 1. The first-order chi connectivity index (χ1) is 6.10. The van der Waals surface area contributed by atoms with Gasteiger partial charge in [-0.05, 0) is 18.4 Å². The van der Waals surface area contributed by atoms with Gasteiger partial charge < -0.3 is 10.2 Å². The van der Waals surface area contributed by atoms with Crippen molar-refractivity contribution in [1.82, 2.24) is 0 Å². The molecule has 1 atom stereocenters. The van der Waals surface area contributed by atoms with E-state index in [0.717, 1.165) is 31.3 Å². The molecule has 1 rings (SSSR count). The van der Waals surface area contributed by atoms with Gasteiger partial charge in [-0.1, -0.05) is 32.8 Å². The number of aliphatic hydroxyl groups is 2. The Bertz CT molecular complexity index is 181. The minimum absolute atomic E-state index is 0.0104. The van der Waals surface area contributed by atoms with Crippen LogP contribution >= 0.6 is 0 Å². The van der Waals surface area contributed by atoms with Gasteiger partial charge in [-0.15, -0.1) is 0 Å². The molecule has 13 heavy (non-hydrogen) atoms. The van der Waals surface area contributed by atoms with E-state index in [1.54, 1.807) is 0 Å². The molecule has 0 bridgehead atoms. The summed E-state index contributed by atoms with van der Waals surface area (Å²) in [6.07, 6.45) is 5.13. The lowest BCUT2D eigenvalue weighted by atomic mass is 9.74. The molecule has 76 valence electrons. The number of hydrogen-bond donors (Lipinski definition) is 2. The van der Waals surface area contributed by atoms with Crippen molar-refractivity contribution < 1.29 is 10.2 Å². The predicted octanol–water partition coefficient (Wildman–Crippen LogP) is 1.87. The van der Waals surface area contributed by atoms with E-state index in [1.165, 1.54) is 6.42 Å². The van der Waals surface area contributed by atoms with Gasteiger partial charge in [-0.2, -0.15) is 0 Å². The maximum atomic E-state index is 10.3. The Balaban J connectivity index is 2.61. The van der Waals surface area contributed by atoms with Crippen molar-refractivity contribution in [1.29, 1.82) is 0 Å². The van der Waals surface area contributed by atoms with Crippen molar-refractivity contribution in [2.75, 3.05) is 6.61 Å². The highest BCUT2D eigenvalue weighted by molar-refractivity contribution is 5.07. The summed E-state index contributed by atoms with van der Waals surface area (Å²) in [7, 11) is 0. The highest BCUT2D eigenvalue weighted by Crippen LogP contribution is 2.36. The second kappa shape index (κ2) is 4.25. The van der Waals surface area contributed by atoms with Gasteiger partial charge in [0.15, 0.2) is 0 Å². The highest BCUT2D eigenvalue weighted by atomic mass is 16.3. The molecule has 0 heterocycles. The van der Waals surface area contributed by atoms with Gasteiger partial charge in [0.05, 0.1) is 12.2 Å². The predicted molar refractivity (Wildman–Crippen MR) is 53.4 cm³/mol. The lowest BCUT2D eigenvalue weighted by Gasteiger charge is -2.38. The number of rotatable bonds is 3. The SMILES string of the molecule is C=C(CO)C(C)C1(O)CCCCC1. The molecular formula is C11H20O2. The quantitative estimate of drug-likeness (QED) is 0.657. The molecule has 1 fully saturated rings. The normalized spacial score (nSPS) is 23.9.